The van der Waals surface area contributed by atoms with E-state index in [0.29, 0.717) is 12.1 Å². The summed E-state index contributed by atoms with van der Waals surface area (Å²) in [6.45, 7) is 0.313. The molecule has 2 heterocycles. The number of aromatic nitrogens is 2. The van der Waals surface area contributed by atoms with Gasteiger partial charge in [-0.1, -0.05) is 18.2 Å². The lowest BCUT2D eigenvalue weighted by atomic mass is 10.1. The molecule has 0 saturated carbocycles. The van der Waals surface area contributed by atoms with Crippen LogP contribution in [-0.4, -0.2) is 9.55 Å². The molecule has 0 saturated heterocycles. The molecule has 0 fully saturated rings. The molecule has 3 aromatic rings. The lowest BCUT2D eigenvalue weighted by molar-refractivity contribution is 0.558. The lowest BCUT2D eigenvalue weighted by Gasteiger charge is -2.26. The van der Waals surface area contributed by atoms with Gasteiger partial charge in [-0.3, -0.25) is 4.57 Å². The van der Waals surface area contributed by atoms with E-state index in [9.17, 15) is 13.6 Å². The highest BCUT2D eigenvalue weighted by atomic mass is 32.2. The van der Waals surface area contributed by atoms with Gasteiger partial charge in [-0.2, -0.15) is 0 Å². The maximum atomic E-state index is 14.0. The molecule has 3 nitrogen and oxygen atoms in total. The van der Waals surface area contributed by atoms with Crippen LogP contribution in [0.3, 0.4) is 0 Å². The molecule has 0 aliphatic carbocycles. The van der Waals surface area contributed by atoms with E-state index in [1.54, 1.807) is 10.8 Å². The van der Waals surface area contributed by atoms with Crippen LogP contribution in [0.2, 0.25) is 0 Å². The number of halogens is 2. The molecule has 0 bridgehead atoms. The van der Waals surface area contributed by atoms with Crippen molar-refractivity contribution < 1.29 is 8.78 Å². The zero-order valence-corrected chi connectivity index (χ0v) is 12.1. The van der Waals surface area contributed by atoms with E-state index < -0.39 is 11.6 Å². The van der Waals surface area contributed by atoms with Crippen LogP contribution < -0.4 is 5.69 Å². The van der Waals surface area contributed by atoms with Crippen molar-refractivity contribution in [3.8, 4) is 0 Å². The summed E-state index contributed by atoms with van der Waals surface area (Å²) in [4.78, 5) is 16.8. The van der Waals surface area contributed by atoms with Crippen LogP contribution in [0.25, 0.3) is 10.9 Å². The van der Waals surface area contributed by atoms with E-state index >= 15 is 0 Å². The van der Waals surface area contributed by atoms with E-state index in [1.165, 1.54) is 23.9 Å². The molecule has 6 heteroatoms. The second-order valence-electron chi connectivity index (χ2n) is 5.12. The van der Waals surface area contributed by atoms with Crippen molar-refractivity contribution in [3.63, 3.8) is 0 Å². The van der Waals surface area contributed by atoms with Crippen LogP contribution in [0.5, 0.6) is 0 Å². The summed E-state index contributed by atoms with van der Waals surface area (Å²) in [5.74, 6) is -1.20. The van der Waals surface area contributed by atoms with Gasteiger partial charge in [0.25, 0.3) is 0 Å². The molecule has 1 aliphatic heterocycles. The Bertz CT molecular complexity index is 955. The average molecular weight is 316 g/mol. The number of thioether (sulfide) groups is 1. The molecule has 2 aromatic carbocycles. The highest BCUT2D eigenvalue weighted by molar-refractivity contribution is 7.99. The van der Waals surface area contributed by atoms with Crippen LogP contribution in [0.4, 0.5) is 8.78 Å². The summed E-state index contributed by atoms with van der Waals surface area (Å²) in [6.07, 6.45) is 1.55. The first kappa shape index (κ1) is 13.5. The predicted molar refractivity (Wildman–Crippen MR) is 81.0 cm³/mol. The van der Waals surface area contributed by atoms with Crippen LogP contribution in [0.15, 0.2) is 52.3 Å². The number of para-hydroxylation sites is 1. The normalized spacial score (nSPS) is 16.9. The van der Waals surface area contributed by atoms with Crippen molar-refractivity contribution in [2.75, 3.05) is 0 Å². The summed E-state index contributed by atoms with van der Waals surface area (Å²) in [5, 5.41) is 0.586. The summed E-state index contributed by atoms with van der Waals surface area (Å²) in [6, 6.07) is 9.22. The highest BCUT2D eigenvalue weighted by Gasteiger charge is 2.25. The van der Waals surface area contributed by atoms with Crippen molar-refractivity contribution in [2.45, 2.75) is 16.7 Å². The molecule has 0 spiro atoms. The molecule has 22 heavy (non-hydrogen) atoms. The fraction of sp³-hybridized carbons (Fsp3) is 0.125. The molecule has 1 aromatic heterocycles. The highest BCUT2D eigenvalue weighted by Crippen LogP contribution is 2.43. The maximum absolute atomic E-state index is 14.0. The van der Waals surface area contributed by atoms with Crippen LogP contribution >= 0.6 is 11.8 Å². The molecule has 4 rings (SSSR count). The van der Waals surface area contributed by atoms with E-state index in [0.717, 1.165) is 21.9 Å². The number of hydrogen-bond donors (Lipinski definition) is 0. The first-order valence-electron chi connectivity index (χ1n) is 6.73. The summed E-state index contributed by atoms with van der Waals surface area (Å²) < 4.78 is 28.7. The third kappa shape index (κ3) is 2.02. The Labute approximate surface area is 128 Å². The van der Waals surface area contributed by atoms with Gasteiger partial charge in [0.2, 0.25) is 0 Å². The van der Waals surface area contributed by atoms with Gasteiger partial charge in [-0.25, -0.2) is 18.6 Å². The first-order chi connectivity index (χ1) is 10.6. The number of rotatable bonds is 1. The van der Waals surface area contributed by atoms with Crippen LogP contribution in [0, 0.1) is 11.6 Å². The maximum Gasteiger partial charge on any atom is 0.348 e. The van der Waals surface area contributed by atoms with Gasteiger partial charge in [-0.15, -0.1) is 11.8 Å². The number of hydrogen-bond acceptors (Lipinski definition) is 3. The predicted octanol–water partition coefficient (Wildman–Crippen LogP) is 3.52. The minimum atomic E-state index is -0.608. The Morgan fingerprint density at radius 3 is 2.91 bits per heavy atom. The minimum absolute atomic E-state index is 0.291. The SMILES string of the molecule is O=c1ncc2cccc3c2n1CC(c1ccc(F)cc1F)S3. The Kier molecular flexibility index (Phi) is 3.00. The molecule has 1 aliphatic rings. The monoisotopic (exact) mass is 316 g/mol. The Hall–Kier alpha value is -2.21. The Balaban J connectivity index is 1.88. The zero-order chi connectivity index (χ0) is 15.3. The number of benzene rings is 2. The van der Waals surface area contributed by atoms with E-state index in [2.05, 4.69) is 4.98 Å². The van der Waals surface area contributed by atoms with E-state index in [-0.39, 0.29) is 10.9 Å². The average Bonchev–Trinajstić information content (AvgIpc) is 2.50. The second kappa shape index (κ2) is 4.91. The largest absolute Gasteiger partial charge is 0.348 e. The first-order valence-corrected chi connectivity index (χ1v) is 7.61. The van der Waals surface area contributed by atoms with Gasteiger partial charge in [0, 0.05) is 34.7 Å². The van der Waals surface area contributed by atoms with Gasteiger partial charge in [0.1, 0.15) is 11.6 Å². The second-order valence-corrected chi connectivity index (χ2v) is 6.36. The fourth-order valence-electron chi connectivity index (χ4n) is 2.77. The van der Waals surface area contributed by atoms with Crippen molar-refractivity contribution in [1.29, 1.82) is 0 Å². The van der Waals surface area contributed by atoms with Gasteiger partial charge in [0.05, 0.1) is 10.8 Å². The Morgan fingerprint density at radius 1 is 1.23 bits per heavy atom. The van der Waals surface area contributed by atoms with Crippen molar-refractivity contribution >= 4 is 22.7 Å². The van der Waals surface area contributed by atoms with Crippen molar-refractivity contribution in [3.05, 3.63) is 70.3 Å². The van der Waals surface area contributed by atoms with Gasteiger partial charge >= 0.3 is 5.69 Å². The molecular weight excluding hydrogens is 306 g/mol. The van der Waals surface area contributed by atoms with E-state index in [1.807, 2.05) is 18.2 Å². The zero-order valence-electron chi connectivity index (χ0n) is 11.3. The number of nitrogens with zero attached hydrogens (tertiary/aromatic N) is 2. The Morgan fingerprint density at radius 2 is 2.09 bits per heavy atom. The standard InChI is InChI=1S/C16H10F2N2OS/c17-10-4-5-11(12(18)6-10)14-8-20-15-9(7-19-16(20)21)2-1-3-13(15)22-14/h1-7,14H,8H2. The lowest BCUT2D eigenvalue weighted by Crippen LogP contribution is -2.27. The van der Waals surface area contributed by atoms with E-state index in [4.69, 9.17) is 0 Å². The van der Waals surface area contributed by atoms with Crippen LogP contribution in [-0.2, 0) is 6.54 Å². The summed E-state index contributed by atoms with van der Waals surface area (Å²) >= 11 is 1.48. The molecule has 0 radical (unpaired) electrons. The minimum Gasteiger partial charge on any atom is -0.289 e. The van der Waals surface area contributed by atoms with Gasteiger partial charge in [0.15, 0.2) is 0 Å². The smallest absolute Gasteiger partial charge is 0.289 e. The van der Waals surface area contributed by atoms with Crippen molar-refractivity contribution in [1.82, 2.24) is 9.55 Å². The van der Waals surface area contributed by atoms with Crippen LogP contribution in [0.1, 0.15) is 10.8 Å². The quantitative estimate of drug-likeness (QED) is 0.689. The molecule has 1 unspecified atom stereocenters. The summed E-state index contributed by atoms with van der Waals surface area (Å²) in [7, 11) is 0. The molecule has 110 valence electrons. The third-order valence-electron chi connectivity index (χ3n) is 3.77. The summed E-state index contributed by atoms with van der Waals surface area (Å²) in [5.41, 5.74) is 0.865. The van der Waals surface area contributed by atoms with Gasteiger partial charge < -0.3 is 0 Å². The molecular formula is C16H10F2N2OS. The molecule has 1 atom stereocenters. The fourth-order valence-corrected chi connectivity index (χ4v) is 4.11. The third-order valence-corrected chi connectivity index (χ3v) is 5.04. The molecule has 0 amide bonds. The molecule has 0 N–H and O–H groups in total. The van der Waals surface area contributed by atoms with Gasteiger partial charge in [-0.05, 0) is 12.1 Å². The topological polar surface area (TPSA) is 34.9 Å². The van der Waals surface area contributed by atoms with Crippen molar-refractivity contribution in [2.24, 2.45) is 0 Å².